The first-order valence-corrected chi connectivity index (χ1v) is 6.33. The molecule has 0 saturated carbocycles. The van der Waals surface area contributed by atoms with E-state index in [1.165, 1.54) is 6.33 Å². The zero-order chi connectivity index (χ0) is 12.9. The third-order valence-electron chi connectivity index (χ3n) is 2.54. The zero-order valence-corrected chi connectivity index (χ0v) is 11.7. The molecule has 0 aromatic carbocycles. The minimum atomic E-state index is -0.198. The number of aromatic nitrogens is 2. The Bertz CT molecular complexity index is 417. The van der Waals surface area contributed by atoms with E-state index in [1.807, 2.05) is 0 Å². The highest BCUT2D eigenvalue weighted by atomic mass is 79.9. The highest BCUT2D eigenvalue weighted by Gasteiger charge is 2.18. The number of aliphatic hydroxyl groups is 1. The quantitative estimate of drug-likeness (QED) is 0.748. The lowest BCUT2D eigenvalue weighted by molar-refractivity contribution is 0.248. The van der Waals surface area contributed by atoms with Crippen LogP contribution in [-0.2, 0) is 0 Å². The molecule has 0 unspecified atom stereocenters. The number of hydrogen-bond acceptors (Lipinski definition) is 4. The molecular formula is C11H18BrN3O2. The van der Waals surface area contributed by atoms with Crippen molar-refractivity contribution < 1.29 is 5.11 Å². The van der Waals surface area contributed by atoms with Crippen LogP contribution in [0.15, 0.2) is 15.6 Å². The number of nitrogens with one attached hydrogen (secondary N) is 2. The molecule has 6 heteroatoms. The summed E-state index contributed by atoms with van der Waals surface area (Å²) >= 11 is 3.19. The number of aromatic amines is 1. The van der Waals surface area contributed by atoms with Crippen molar-refractivity contribution in [2.45, 2.75) is 26.7 Å². The lowest BCUT2D eigenvalue weighted by Gasteiger charge is -2.25. The van der Waals surface area contributed by atoms with E-state index in [-0.39, 0.29) is 17.6 Å². The summed E-state index contributed by atoms with van der Waals surface area (Å²) in [5.41, 5.74) is -0.150. The molecule has 1 aromatic heterocycles. The summed E-state index contributed by atoms with van der Waals surface area (Å²) in [7, 11) is 0. The third-order valence-corrected chi connectivity index (χ3v) is 3.28. The molecule has 0 fully saturated rings. The van der Waals surface area contributed by atoms with Crippen LogP contribution in [0.2, 0.25) is 0 Å². The van der Waals surface area contributed by atoms with E-state index in [0.717, 1.165) is 12.8 Å². The van der Waals surface area contributed by atoms with Crippen molar-refractivity contribution in [1.82, 2.24) is 9.97 Å². The van der Waals surface area contributed by atoms with Crippen LogP contribution in [0.3, 0.4) is 0 Å². The van der Waals surface area contributed by atoms with Crippen LogP contribution in [0.4, 0.5) is 5.82 Å². The predicted molar refractivity (Wildman–Crippen MR) is 71.1 cm³/mol. The second-order valence-corrected chi connectivity index (χ2v) is 5.53. The van der Waals surface area contributed by atoms with Gasteiger partial charge in [-0.25, -0.2) is 4.98 Å². The Morgan fingerprint density at radius 1 is 1.59 bits per heavy atom. The summed E-state index contributed by atoms with van der Waals surface area (Å²) in [5, 5.41) is 12.0. The molecule has 0 aliphatic heterocycles. The van der Waals surface area contributed by atoms with Gasteiger partial charge in [0.25, 0.3) is 5.56 Å². The summed E-state index contributed by atoms with van der Waals surface area (Å²) in [6.07, 6.45) is 3.06. The highest BCUT2D eigenvalue weighted by molar-refractivity contribution is 9.10. The van der Waals surface area contributed by atoms with Crippen molar-refractivity contribution in [3.05, 3.63) is 21.2 Å². The van der Waals surface area contributed by atoms with Crippen molar-refractivity contribution in [3.8, 4) is 0 Å². The van der Waals surface area contributed by atoms with Crippen molar-refractivity contribution in [1.29, 1.82) is 0 Å². The Hall–Kier alpha value is -0.880. The molecule has 96 valence electrons. The van der Waals surface area contributed by atoms with Gasteiger partial charge in [-0.2, -0.15) is 0 Å². The summed E-state index contributed by atoms with van der Waals surface area (Å²) < 4.78 is 0.415. The molecular weight excluding hydrogens is 286 g/mol. The number of H-pyrrole nitrogens is 1. The van der Waals surface area contributed by atoms with Crippen molar-refractivity contribution in [2.75, 3.05) is 18.5 Å². The van der Waals surface area contributed by atoms with Gasteiger partial charge in [0.05, 0.1) is 6.33 Å². The van der Waals surface area contributed by atoms with Crippen LogP contribution in [0.5, 0.6) is 0 Å². The van der Waals surface area contributed by atoms with Gasteiger partial charge in [0.2, 0.25) is 0 Å². The lowest BCUT2D eigenvalue weighted by atomic mass is 9.88. The molecule has 0 amide bonds. The van der Waals surface area contributed by atoms with Gasteiger partial charge in [0, 0.05) is 13.2 Å². The van der Waals surface area contributed by atoms with Gasteiger partial charge >= 0.3 is 0 Å². The Kier molecular flexibility index (Phi) is 5.14. The maximum atomic E-state index is 11.3. The summed E-state index contributed by atoms with van der Waals surface area (Å²) in [6.45, 7) is 5.12. The number of rotatable bonds is 6. The van der Waals surface area contributed by atoms with E-state index in [0.29, 0.717) is 16.8 Å². The van der Waals surface area contributed by atoms with E-state index in [1.54, 1.807) is 0 Å². The summed E-state index contributed by atoms with van der Waals surface area (Å²) in [4.78, 5) is 17.9. The van der Waals surface area contributed by atoms with Crippen LogP contribution >= 0.6 is 15.9 Å². The van der Waals surface area contributed by atoms with Crippen LogP contribution < -0.4 is 10.9 Å². The number of nitrogens with zero attached hydrogens (tertiary/aromatic N) is 1. The molecule has 0 radical (unpaired) electrons. The standard InChI is InChI=1S/C11H18BrN3O2/c1-11(2,4-3-5-16)6-13-9-8(12)10(17)15-7-14-9/h7,16H,3-6H2,1-2H3,(H2,13,14,15,17). The van der Waals surface area contributed by atoms with Gasteiger partial charge in [-0.15, -0.1) is 0 Å². The average molecular weight is 304 g/mol. The third kappa shape index (κ3) is 4.47. The second-order valence-electron chi connectivity index (χ2n) is 4.74. The van der Waals surface area contributed by atoms with Crippen molar-refractivity contribution in [3.63, 3.8) is 0 Å². The monoisotopic (exact) mass is 303 g/mol. The number of halogens is 1. The summed E-state index contributed by atoms with van der Waals surface area (Å²) in [6, 6.07) is 0. The first kappa shape index (κ1) is 14.2. The topological polar surface area (TPSA) is 78.0 Å². The molecule has 1 heterocycles. The molecule has 3 N–H and O–H groups in total. The lowest BCUT2D eigenvalue weighted by Crippen LogP contribution is -2.25. The van der Waals surface area contributed by atoms with Crippen LogP contribution in [0.25, 0.3) is 0 Å². The van der Waals surface area contributed by atoms with E-state index >= 15 is 0 Å². The Labute approximate surface area is 109 Å². The SMILES string of the molecule is CC(C)(CCCO)CNc1nc[nH]c(=O)c1Br. The number of hydrogen-bond donors (Lipinski definition) is 3. The fraction of sp³-hybridized carbons (Fsp3) is 0.636. The van der Waals surface area contributed by atoms with E-state index < -0.39 is 0 Å². The number of anilines is 1. The van der Waals surface area contributed by atoms with E-state index in [4.69, 9.17) is 5.11 Å². The van der Waals surface area contributed by atoms with Gasteiger partial charge in [0.1, 0.15) is 10.3 Å². The normalized spacial score (nSPS) is 11.5. The van der Waals surface area contributed by atoms with Crippen molar-refractivity contribution in [2.24, 2.45) is 5.41 Å². The first-order valence-electron chi connectivity index (χ1n) is 5.54. The fourth-order valence-corrected chi connectivity index (χ4v) is 1.83. The Morgan fingerprint density at radius 2 is 2.29 bits per heavy atom. The van der Waals surface area contributed by atoms with Crippen molar-refractivity contribution >= 4 is 21.7 Å². The smallest absolute Gasteiger partial charge is 0.267 e. The maximum Gasteiger partial charge on any atom is 0.267 e. The molecule has 5 nitrogen and oxygen atoms in total. The molecule has 17 heavy (non-hydrogen) atoms. The van der Waals surface area contributed by atoms with E-state index in [2.05, 4.69) is 45.1 Å². The van der Waals surface area contributed by atoms with Crippen LogP contribution in [0, 0.1) is 5.41 Å². The minimum absolute atomic E-state index is 0.0481. The number of aliphatic hydroxyl groups excluding tert-OH is 1. The Morgan fingerprint density at radius 3 is 2.94 bits per heavy atom. The van der Waals surface area contributed by atoms with Crippen LogP contribution in [0.1, 0.15) is 26.7 Å². The van der Waals surface area contributed by atoms with Gasteiger partial charge in [0.15, 0.2) is 0 Å². The molecule has 0 atom stereocenters. The first-order chi connectivity index (χ1) is 7.96. The predicted octanol–water partition coefficient (Wildman–Crippen LogP) is 1.74. The molecule has 1 aromatic rings. The molecule has 0 aliphatic rings. The molecule has 0 saturated heterocycles. The molecule has 0 aliphatic carbocycles. The summed E-state index contributed by atoms with van der Waals surface area (Å²) in [5.74, 6) is 0.547. The van der Waals surface area contributed by atoms with E-state index in [9.17, 15) is 4.79 Å². The fourth-order valence-electron chi connectivity index (χ4n) is 1.48. The zero-order valence-electron chi connectivity index (χ0n) is 10.1. The van der Waals surface area contributed by atoms with Gasteiger partial charge in [-0.05, 0) is 34.2 Å². The van der Waals surface area contributed by atoms with Gasteiger partial charge < -0.3 is 15.4 Å². The van der Waals surface area contributed by atoms with Gasteiger partial charge in [-0.1, -0.05) is 13.8 Å². The molecule has 1 rings (SSSR count). The van der Waals surface area contributed by atoms with Gasteiger partial charge in [-0.3, -0.25) is 4.79 Å². The molecule has 0 spiro atoms. The average Bonchev–Trinajstić information content (AvgIpc) is 2.29. The minimum Gasteiger partial charge on any atom is -0.396 e. The highest BCUT2D eigenvalue weighted by Crippen LogP contribution is 2.23. The second kappa shape index (κ2) is 6.16. The largest absolute Gasteiger partial charge is 0.396 e. The van der Waals surface area contributed by atoms with Crippen LogP contribution in [-0.4, -0.2) is 28.2 Å². The Balaban J connectivity index is 2.61. The maximum absolute atomic E-state index is 11.3. The molecule has 0 bridgehead atoms.